The molecule has 0 aliphatic carbocycles. The highest BCUT2D eigenvalue weighted by Gasteiger charge is 2.30. The molecule has 7 heteroatoms. The van der Waals surface area contributed by atoms with Gasteiger partial charge in [0.25, 0.3) is 5.91 Å². The molecule has 0 spiro atoms. The third-order valence-corrected chi connectivity index (χ3v) is 4.43. The van der Waals surface area contributed by atoms with Crippen LogP contribution in [0.4, 0.5) is 5.13 Å². The van der Waals surface area contributed by atoms with Crippen LogP contribution in [0.25, 0.3) is 0 Å². The maximum atomic E-state index is 11.7. The number of thiazole rings is 1. The third-order valence-electron chi connectivity index (χ3n) is 2.57. The van der Waals surface area contributed by atoms with Crippen LogP contribution in [0, 0.1) is 0 Å². The van der Waals surface area contributed by atoms with Crippen molar-refractivity contribution in [3.63, 3.8) is 0 Å². The van der Waals surface area contributed by atoms with E-state index in [0.717, 1.165) is 18.2 Å². The molecule has 0 bridgehead atoms. The summed E-state index contributed by atoms with van der Waals surface area (Å²) in [7, 11) is 3.43. The van der Waals surface area contributed by atoms with Gasteiger partial charge < -0.3 is 9.80 Å². The Balaban J connectivity index is 1.93. The molecule has 1 aromatic heterocycles. The Bertz CT molecular complexity index is 467. The van der Waals surface area contributed by atoms with Crippen molar-refractivity contribution in [1.82, 2.24) is 9.88 Å². The number of amides is 1. The van der Waals surface area contributed by atoms with Crippen LogP contribution in [0.5, 0.6) is 0 Å². The van der Waals surface area contributed by atoms with E-state index in [-0.39, 0.29) is 11.0 Å². The lowest BCUT2D eigenvalue weighted by Crippen LogP contribution is -2.49. The lowest BCUT2D eigenvalue weighted by Gasteiger charge is -2.37. The Morgan fingerprint density at radius 1 is 1.50 bits per heavy atom. The molecule has 1 saturated heterocycles. The molecule has 0 saturated carbocycles. The van der Waals surface area contributed by atoms with Crippen LogP contribution in [0.2, 0.25) is 0 Å². The molecule has 2 rings (SSSR count). The lowest BCUT2D eigenvalue weighted by atomic mass is 10.2. The average Bonchev–Trinajstić information content (AvgIpc) is 2.69. The molecule has 0 N–H and O–H groups in total. The van der Waals surface area contributed by atoms with Gasteiger partial charge in [0.15, 0.2) is 10.2 Å². The number of nitrogens with zero attached hydrogens (tertiary/aromatic N) is 3. The van der Waals surface area contributed by atoms with Crippen LogP contribution in [0.15, 0.2) is 5.38 Å². The van der Waals surface area contributed by atoms with Crippen LogP contribution in [0.1, 0.15) is 17.4 Å². The first-order chi connectivity index (χ1) is 8.47. The van der Waals surface area contributed by atoms with Crippen molar-refractivity contribution in [2.24, 2.45) is 0 Å². The van der Waals surface area contributed by atoms with Crippen molar-refractivity contribution in [1.29, 1.82) is 0 Å². The largest absolute Gasteiger partial charge is 0.346 e. The van der Waals surface area contributed by atoms with E-state index in [1.165, 1.54) is 28.0 Å². The lowest BCUT2D eigenvalue weighted by molar-refractivity contribution is -0.109. The summed E-state index contributed by atoms with van der Waals surface area (Å²) in [6, 6.07) is 0. The van der Waals surface area contributed by atoms with Crippen LogP contribution in [0.3, 0.4) is 0 Å². The van der Waals surface area contributed by atoms with Gasteiger partial charge in [0.2, 0.25) is 0 Å². The van der Waals surface area contributed by atoms with Gasteiger partial charge in [0, 0.05) is 44.7 Å². The molecule has 1 aromatic rings. The van der Waals surface area contributed by atoms with Gasteiger partial charge in [0.05, 0.1) is 0 Å². The van der Waals surface area contributed by atoms with Gasteiger partial charge in [-0.2, -0.15) is 0 Å². The van der Waals surface area contributed by atoms with Crippen molar-refractivity contribution in [3.8, 4) is 0 Å². The molecule has 1 aliphatic heterocycles. The van der Waals surface area contributed by atoms with Gasteiger partial charge in [0.1, 0.15) is 5.69 Å². The molecule has 5 nitrogen and oxygen atoms in total. The minimum absolute atomic E-state index is 0.0762. The summed E-state index contributed by atoms with van der Waals surface area (Å²) in [4.78, 5) is 30.6. The van der Waals surface area contributed by atoms with Crippen LogP contribution in [-0.2, 0) is 4.79 Å². The molecule has 0 radical (unpaired) electrons. The minimum Gasteiger partial charge on any atom is -0.346 e. The molecule has 2 heterocycles. The monoisotopic (exact) mass is 285 g/mol. The Kier molecular flexibility index (Phi) is 3.91. The van der Waals surface area contributed by atoms with Crippen LogP contribution in [-0.4, -0.2) is 53.3 Å². The Hall–Kier alpha value is -1.08. The summed E-state index contributed by atoms with van der Waals surface area (Å²) in [6.45, 7) is 3.24. The Morgan fingerprint density at radius 3 is 2.72 bits per heavy atom. The molecule has 98 valence electrons. The second-order valence-corrected chi connectivity index (χ2v) is 6.67. The van der Waals surface area contributed by atoms with E-state index in [0.29, 0.717) is 10.9 Å². The summed E-state index contributed by atoms with van der Waals surface area (Å²) < 4.78 is 0. The van der Waals surface area contributed by atoms with Gasteiger partial charge in [-0.05, 0) is 0 Å². The zero-order valence-corrected chi connectivity index (χ0v) is 12.2. The number of thioether (sulfide) groups is 1. The topological polar surface area (TPSA) is 53.5 Å². The fourth-order valence-electron chi connectivity index (χ4n) is 1.64. The van der Waals surface area contributed by atoms with Gasteiger partial charge in [-0.25, -0.2) is 4.98 Å². The number of hydrogen-bond acceptors (Lipinski definition) is 6. The van der Waals surface area contributed by atoms with Gasteiger partial charge in [-0.3, -0.25) is 9.59 Å². The van der Waals surface area contributed by atoms with E-state index in [1.807, 2.05) is 0 Å². The van der Waals surface area contributed by atoms with Crippen molar-refractivity contribution < 1.29 is 9.59 Å². The fourth-order valence-corrected chi connectivity index (χ4v) is 3.44. The fraction of sp³-hybridized carbons (Fsp3) is 0.545. The van der Waals surface area contributed by atoms with Gasteiger partial charge in [-0.1, -0.05) is 11.8 Å². The summed E-state index contributed by atoms with van der Waals surface area (Å²) in [5.74, 6) is -0.0762. The highest BCUT2D eigenvalue weighted by molar-refractivity contribution is 8.14. The number of anilines is 1. The Morgan fingerprint density at radius 2 is 2.17 bits per heavy atom. The second kappa shape index (κ2) is 5.27. The average molecular weight is 285 g/mol. The minimum atomic E-state index is -0.0762. The maximum Gasteiger partial charge on any atom is 0.272 e. The zero-order valence-electron chi connectivity index (χ0n) is 10.5. The summed E-state index contributed by atoms with van der Waals surface area (Å²) in [5, 5.41) is 3.16. The predicted molar refractivity (Wildman–Crippen MR) is 74.4 cm³/mol. The smallest absolute Gasteiger partial charge is 0.272 e. The van der Waals surface area contributed by atoms with Crippen LogP contribution < -0.4 is 4.90 Å². The SMILES string of the molecule is CC(=O)SC1CN(c2nc(C(=O)N(C)C)cs2)C1. The zero-order chi connectivity index (χ0) is 13.3. The van der Waals surface area contributed by atoms with Crippen molar-refractivity contribution >= 4 is 39.3 Å². The summed E-state index contributed by atoms with van der Waals surface area (Å²) in [5.41, 5.74) is 0.489. The second-order valence-electron chi connectivity index (χ2n) is 4.35. The number of hydrogen-bond donors (Lipinski definition) is 0. The molecular weight excluding hydrogens is 270 g/mol. The van der Waals surface area contributed by atoms with Gasteiger partial charge >= 0.3 is 0 Å². The molecule has 1 amide bonds. The maximum absolute atomic E-state index is 11.7. The quantitative estimate of drug-likeness (QED) is 0.838. The standard InChI is InChI=1S/C11H15N3O2S2/c1-7(15)18-8-4-14(5-8)11-12-9(6-17-11)10(16)13(2)3/h6,8H,4-5H2,1-3H3. The van der Waals surface area contributed by atoms with Gasteiger partial charge in [-0.15, -0.1) is 11.3 Å². The first-order valence-electron chi connectivity index (χ1n) is 5.56. The van der Waals surface area contributed by atoms with E-state index in [4.69, 9.17) is 0 Å². The Labute approximate surface area is 114 Å². The third kappa shape index (κ3) is 2.84. The van der Waals surface area contributed by atoms with E-state index in [2.05, 4.69) is 9.88 Å². The number of aromatic nitrogens is 1. The van der Waals surface area contributed by atoms with Crippen molar-refractivity contribution in [2.45, 2.75) is 12.2 Å². The predicted octanol–water partition coefficient (Wildman–Crippen LogP) is 1.31. The molecule has 1 aliphatic rings. The summed E-state index contributed by atoms with van der Waals surface area (Å²) in [6.07, 6.45) is 0. The molecule has 18 heavy (non-hydrogen) atoms. The van der Waals surface area contributed by atoms with Crippen molar-refractivity contribution in [3.05, 3.63) is 11.1 Å². The highest BCUT2D eigenvalue weighted by Crippen LogP contribution is 2.30. The van der Waals surface area contributed by atoms with E-state index >= 15 is 0 Å². The first kappa shape index (κ1) is 13.4. The molecule has 0 unspecified atom stereocenters. The van der Waals surface area contributed by atoms with E-state index in [9.17, 15) is 9.59 Å². The highest BCUT2D eigenvalue weighted by atomic mass is 32.2. The first-order valence-corrected chi connectivity index (χ1v) is 7.32. The normalized spacial score (nSPS) is 15.4. The van der Waals surface area contributed by atoms with E-state index < -0.39 is 0 Å². The molecule has 0 atom stereocenters. The molecular formula is C11H15N3O2S2. The molecule has 1 fully saturated rings. The van der Waals surface area contributed by atoms with Crippen LogP contribution >= 0.6 is 23.1 Å². The number of carbonyl (C=O) groups excluding carboxylic acids is 2. The van der Waals surface area contributed by atoms with Crippen molar-refractivity contribution in [2.75, 3.05) is 32.1 Å². The summed E-state index contributed by atoms with van der Waals surface area (Å²) >= 11 is 2.85. The van der Waals surface area contributed by atoms with E-state index in [1.54, 1.807) is 26.4 Å². The number of rotatable bonds is 3. The molecule has 0 aromatic carbocycles. The number of carbonyl (C=O) groups is 2.